The minimum atomic E-state index is -0.814. The molecule has 2 saturated carbocycles. The van der Waals surface area contributed by atoms with Crippen molar-refractivity contribution in [3.8, 4) is 22.5 Å². The molecular formula is C40H46N8O5. The Hall–Kier alpha value is -5.59. The van der Waals surface area contributed by atoms with E-state index in [1.54, 1.807) is 24.3 Å². The number of rotatable bonds is 11. The molecule has 13 heteroatoms. The molecule has 1 atom stereocenters. The number of alkyl carbamates (subject to hydrolysis) is 1. The van der Waals surface area contributed by atoms with Crippen molar-refractivity contribution >= 4 is 34.7 Å². The Morgan fingerprint density at radius 3 is 2.32 bits per heavy atom. The number of hydrogen-bond acceptors (Lipinski definition) is 9. The Morgan fingerprint density at radius 1 is 0.943 bits per heavy atom. The largest absolute Gasteiger partial charge is 0.444 e. The predicted octanol–water partition coefficient (Wildman–Crippen LogP) is 6.86. The van der Waals surface area contributed by atoms with Gasteiger partial charge in [-0.25, -0.2) is 9.78 Å². The quantitative estimate of drug-likeness (QED) is 0.114. The van der Waals surface area contributed by atoms with E-state index < -0.39 is 17.7 Å². The van der Waals surface area contributed by atoms with E-state index in [2.05, 4.69) is 49.6 Å². The third-order valence-corrected chi connectivity index (χ3v) is 9.92. The molecule has 2 fully saturated rings. The van der Waals surface area contributed by atoms with Crippen LogP contribution in [0.4, 0.5) is 10.5 Å². The Kier molecular flexibility index (Phi) is 10.3. The van der Waals surface area contributed by atoms with E-state index in [1.807, 2.05) is 51.1 Å². The molecule has 1 unspecified atom stereocenters. The van der Waals surface area contributed by atoms with Crippen LogP contribution >= 0.6 is 0 Å². The number of hydrogen-bond donors (Lipinski definition) is 4. The topological polar surface area (TPSA) is 177 Å². The van der Waals surface area contributed by atoms with Crippen molar-refractivity contribution in [1.29, 1.82) is 0 Å². The minimum absolute atomic E-state index is 0.144. The summed E-state index contributed by atoms with van der Waals surface area (Å²) in [5, 5.41) is 23.0. The molecule has 0 radical (unpaired) electrons. The molecule has 0 saturated heterocycles. The summed E-state index contributed by atoms with van der Waals surface area (Å²) in [7, 11) is 0. The maximum absolute atomic E-state index is 13.8. The van der Waals surface area contributed by atoms with Crippen LogP contribution in [-0.2, 0) is 20.7 Å². The molecule has 276 valence electrons. The maximum Gasteiger partial charge on any atom is 0.407 e. The summed E-state index contributed by atoms with van der Waals surface area (Å²) in [5.41, 5.74) is 6.55. The third kappa shape index (κ3) is 9.08. The number of aromatic amines is 1. The van der Waals surface area contributed by atoms with Crippen molar-refractivity contribution in [3.05, 3.63) is 77.7 Å². The standard InChI is InChI=1S/C40H46N8O5/c1-23-19-34-32(44-38(52-34)29-13-14-29)21-31(23)26-9-5-24(6-10-26)20-33(37(50)42-30-17-15-27(16-18-30)35-45-47-48-46-35)43-36(49)28-11-7-25(8-12-28)22-41-39(51)53-40(2,3)4/h5-6,9-10,15-19,21,25,28-29,33H,7-8,11-14,20,22H2,1-4H3,(H,41,51)(H,42,50)(H,43,49)(H,45,46,47,48). The number of oxazole rings is 1. The van der Waals surface area contributed by atoms with Crippen molar-refractivity contribution in [1.82, 2.24) is 36.2 Å². The number of benzene rings is 3. The first-order chi connectivity index (χ1) is 25.5. The second-order valence-electron chi connectivity index (χ2n) is 15.3. The molecule has 7 rings (SSSR count). The van der Waals surface area contributed by atoms with Gasteiger partial charge in [-0.05, 0) is 136 Å². The number of anilines is 1. The van der Waals surface area contributed by atoms with E-state index >= 15 is 0 Å². The number of aryl methyl sites for hydroxylation is 1. The van der Waals surface area contributed by atoms with Gasteiger partial charge in [0.15, 0.2) is 11.5 Å². The summed E-state index contributed by atoms with van der Waals surface area (Å²) in [4.78, 5) is 44.4. The number of fused-ring (bicyclic) bond motifs is 1. The van der Waals surface area contributed by atoms with Crippen LogP contribution in [0, 0.1) is 18.8 Å². The highest BCUT2D eigenvalue weighted by molar-refractivity contribution is 5.98. The predicted molar refractivity (Wildman–Crippen MR) is 200 cm³/mol. The molecule has 3 aromatic carbocycles. The maximum atomic E-state index is 13.8. The van der Waals surface area contributed by atoms with Crippen molar-refractivity contribution in [2.45, 2.75) is 90.2 Å². The number of aromatic nitrogens is 5. The molecule has 2 aliphatic carbocycles. The summed E-state index contributed by atoms with van der Waals surface area (Å²) in [6.45, 7) is 8.07. The second-order valence-corrected chi connectivity index (χ2v) is 15.3. The van der Waals surface area contributed by atoms with Crippen LogP contribution in [0.5, 0.6) is 0 Å². The molecule has 0 aliphatic heterocycles. The third-order valence-electron chi connectivity index (χ3n) is 9.92. The van der Waals surface area contributed by atoms with Gasteiger partial charge < -0.3 is 25.1 Å². The Balaban J connectivity index is 1.02. The zero-order valence-corrected chi connectivity index (χ0v) is 30.6. The number of nitrogens with one attached hydrogen (secondary N) is 4. The van der Waals surface area contributed by atoms with Gasteiger partial charge in [0.25, 0.3) is 0 Å². The van der Waals surface area contributed by atoms with Crippen LogP contribution in [0.25, 0.3) is 33.6 Å². The summed E-state index contributed by atoms with van der Waals surface area (Å²) in [6.07, 6.45) is 5.06. The van der Waals surface area contributed by atoms with Gasteiger partial charge >= 0.3 is 6.09 Å². The fraction of sp³-hybridized carbons (Fsp3) is 0.425. The van der Waals surface area contributed by atoms with Gasteiger partial charge in [0.05, 0.1) is 0 Å². The summed E-state index contributed by atoms with van der Waals surface area (Å²) < 4.78 is 11.4. The summed E-state index contributed by atoms with van der Waals surface area (Å²) in [6, 6.07) is 18.6. The highest BCUT2D eigenvalue weighted by Crippen LogP contribution is 2.41. The molecule has 3 amide bonds. The van der Waals surface area contributed by atoms with Crippen molar-refractivity contribution in [2.24, 2.45) is 11.8 Å². The molecule has 13 nitrogen and oxygen atoms in total. The number of ether oxygens (including phenoxy) is 1. The smallest absolute Gasteiger partial charge is 0.407 e. The zero-order chi connectivity index (χ0) is 37.1. The van der Waals surface area contributed by atoms with Crippen molar-refractivity contribution < 1.29 is 23.5 Å². The van der Waals surface area contributed by atoms with Gasteiger partial charge in [-0.2, -0.15) is 5.21 Å². The van der Waals surface area contributed by atoms with Crippen LogP contribution in [0.1, 0.15) is 82.2 Å². The lowest BCUT2D eigenvalue weighted by atomic mass is 9.81. The molecule has 5 aromatic rings. The van der Waals surface area contributed by atoms with Crippen molar-refractivity contribution in [3.63, 3.8) is 0 Å². The van der Waals surface area contributed by atoms with E-state index in [9.17, 15) is 14.4 Å². The first kappa shape index (κ1) is 35.8. The van der Waals surface area contributed by atoms with Gasteiger partial charge in [-0.3, -0.25) is 9.59 Å². The number of carbonyl (C=O) groups is 3. The Morgan fingerprint density at radius 2 is 1.66 bits per heavy atom. The number of amides is 3. The molecule has 2 aromatic heterocycles. The molecule has 0 bridgehead atoms. The first-order valence-electron chi connectivity index (χ1n) is 18.4. The lowest BCUT2D eigenvalue weighted by molar-refractivity contribution is -0.130. The fourth-order valence-corrected chi connectivity index (χ4v) is 6.85. The molecule has 4 N–H and O–H groups in total. The monoisotopic (exact) mass is 718 g/mol. The molecular weight excluding hydrogens is 672 g/mol. The van der Waals surface area contributed by atoms with Gasteiger partial charge in [0.1, 0.15) is 17.2 Å². The lowest BCUT2D eigenvalue weighted by Gasteiger charge is -2.29. The normalized spacial score (nSPS) is 18.0. The summed E-state index contributed by atoms with van der Waals surface area (Å²) >= 11 is 0. The van der Waals surface area contributed by atoms with E-state index in [1.165, 1.54) is 0 Å². The summed E-state index contributed by atoms with van der Waals surface area (Å²) in [5.74, 6) is 1.28. The van der Waals surface area contributed by atoms with Crippen LogP contribution < -0.4 is 16.0 Å². The van der Waals surface area contributed by atoms with E-state index in [0.717, 1.165) is 70.5 Å². The number of carbonyl (C=O) groups excluding carboxylic acids is 3. The average molecular weight is 719 g/mol. The molecule has 2 aliphatic rings. The average Bonchev–Trinajstić information content (AvgIpc) is 3.67. The molecule has 2 heterocycles. The zero-order valence-electron chi connectivity index (χ0n) is 30.6. The SMILES string of the molecule is Cc1cc2oc(C3CC3)nc2cc1-c1ccc(CC(NC(=O)C2CCC(CNC(=O)OC(C)(C)C)CC2)C(=O)Nc2ccc(-c3nn[nH]n3)cc2)cc1. The minimum Gasteiger partial charge on any atom is -0.444 e. The van der Waals surface area contributed by atoms with Crippen LogP contribution in [-0.4, -0.2) is 61.7 Å². The number of H-pyrrole nitrogens is 1. The van der Waals surface area contributed by atoms with E-state index in [0.29, 0.717) is 43.2 Å². The molecule has 0 spiro atoms. The Labute approximate surface area is 308 Å². The van der Waals surface area contributed by atoms with Gasteiger partial charge in [-0.15, -0.1) is 10.2 Å². The van der Waals surface area contributed by atoms with Crippen LogP contribution in [0.2, 0.25) is 0 Å². The van der Waals surface area contributed by atoms with Crippen LogP contribution in [0.3, 0.4) is 0 Å². The Bertz CT molecular complexity index is 2060. The van der Waals surface area contributed by atoms with E-state index in [4.69, 9.17) is 14.1 Å². The second kappa shape index (κ2) is 15.2. The lowest BCUT2D eigenvalue weighted by Crippen LogP contribution is -2.48. The van der Waals surface area contributed by atoms with Gasteiger partial charge in [-0.1, -0.05) is 24.3 Å². The van der Waals surface area contributed by atoms with Crippen molar-refractivity contribution in [2.75, 3.05) is 11.9 Å². The molecule has 53 heavy (non-hydrogen) atoms. The highest BCUT2D eigenvalue weighted by atomic mass is 16.6. The van der Waals surface area contributed by atoms with E-state index in [-0.39, 0.29) is 23.7 Å². The van der Waals surface area contributed by atoms with Crippen LogP contribution in [0.15, 0.2) is 65.1 Å². The first-order valence-corrected chi connectivity index (χ1v) is 18.4. The number of nitrogens with zero attached hydrogens (tertiary/aromatic N) is 4. The highest BCUT2D eigenvalue weighted by Gasteiger charge is 2.31. The fourth-order valence-electron chi connectivity index (χ4n) is 6.85. The van der Waals surface area contributed by atoms with Gasteiger partial charge in [0.2, 0.25) is 17.6 Å². The number of tetrazole rings is 1. The van der Waals surface area contributed by atoms with Gasteiger partial charge in [0, 0.05) is 36.1 Å².